The van der Waals surface area contributed by atoms with Gasteiger partial charge in [0, 0.05) is 24.5 Å². The smallest absolute Gasteiger partial charge is 0.130 e. The summed E-state index contributed by atoms with van der Waals surface area (Å²) in [5.74, 6) is 0.968. The second-order valence-electron chi connectivity index (χ2n) is 4.76. The Morgan fingerprint density at radius 1 is 1.59 bits per heavy atom. The lowest BCUT2D eigenvalue weighted by Gasteiger charge is -2.39. The van der Waals surface area contributed by atoms with Crippen molar-refractivity contribution in [1.29, 1.82) is 0 Å². The first-order valence-corrected chi connectivity index (χ1v) is 6.22. The molecule has 0 saturated carbocycles. The number of ether oxygens (including phenoxy) is 1. The van der Waals surface area contributed by atoms with Gasteiger partial charge in [-0.05, 0) is 25.8 Å². The molecule has 1 aliphatic heterocycles. The molecule has 94 valence electrons. The molecule has 2 heterocycles. The van der Waals surface area contributed by atoms with Crippen LogP contribution >= 0.6 is 0 Å². The summed E-state index contributed by atoms with van der Waals surface area (Å²) < 4.78 is 5.69. The molecule has 0 aromatic carbocycles. The van der Waals surface area contributed by atoms with Crippen molar-refractivity contribution in [2.75, 3.05) is 23.8 Å². The average Bonchev–Trinajstić information content (AvgIpc) is 2.32. The van der Waals surface area contributed by atoms with Gasteiger partial charge in [0.1, 0.15) is 5.82 Å². The summed E-state index contributed by atoms with van der Waals surface area (Å²) in [6.45, 7) is 7.90. The topological polar surface area (TPSA) is 51.4 Å². The molecule has 2 rings (SSSR count). The minimum Gasteiger partial charge on any atom is -0.398 e. The summed E-state index contributed by atoms with van der Waals surface area (Å²) >= 11 is 0. The van der Waals surface area contributed by atoms with Crippen molar-refractivity contribution in [1.82, 2.24) is 4.98 Å². The van der Waals surface area contributed by atoms with Gasteiger partial charge in [-0.3, -0.25) is 0 Å². The summed E-state index contributed by atoms with van der Waals surface area (Å²) in [6.07, 6.45) is 3.15. The second kappa shape index (κ2) is 4.92. The van der Waals surface area contributed by atoms with Crippen LogP contribution < -0.4 is 10.6 Å². The molecule has 0 radical (unpaired) electrons. The van der Waals surface area contributed by atoms with Gasteiger partial charge in [-0.1, -0.05) is 6.92 Å². The maximum absolute atomic E-state index is 5.95. The van der Waals surface area contributed by atoms with E-state index in [2.05, 4.69) is 23.7 Å². The fraction of sp³-hybridized carbons (Fsp3) is 0.615. The Hall–Kier alpha value is -1.29. The van der Waals surface area contributed by atoms with Crippen LogP contribution in [0, 0.1) is 6.92 Å². The molecule has 4 nitrogen and oxygen atoms in total. The molecule has 1 saturated heterocycles. The molecule has 1 aromatic rings. The summed E-state index contributed by atoms with van der Waals surface area (Å²) in [6, 6.07) is 2.37. The van der Waals surface area contributed by atoms with Crippen LogP contribution in [0.5, 0.6) is 0 Å². The Labute approximate surface area is 103 Å². The predicted octanol–water partition coefficient (Wildman–Crippen LogP) is 1.98. The Kier molecular flexibility index (Phi) is 3.52. The molecule has 2 unspecified atom stereocenters. The van der Waals surface area contributed by atoms with E-state index in [9.17, 15) is 0 Å². The molecule has 0 amide bonds. The van der Waals surface area contributed by atoms with Crippen molar-refractivity contribution in [3.63, 3.8) is 0 Å². The van der Waals surface area contributed by atoms with E-state index >= 15 is 0 Å². The number of aromatic nitrogens is 1. The van der Waals surface area contributed by atoms with E-state index in [-0.39, 0.29) is 6.10 Å². The van der Waals surface area contributed by atoms with Crippen molar-refractivity contribution in [2.24, 2.45) is 0 Å². The molecule has 4 heteroatoms. The molecular formula is C13H21N3O. The Balaban J connectivity index is 2.25. The van der Waals surface area contributed by atoms with Gasteiger partial charge in [-0.15, -0.1) is 0 Å². The highest BCUT2D eigenvalue weighted by Gasteiger charge is 2.26. The SMILES string of the molecule is CCC1COC(C)CN1c1cc(N)c(C)cn1. The van der Waals surface area contributed by atoms with Crippen LogP contribution in [0.25, 0.3) is 0 Å². The number of nitrogens with two attached hydrogens (primary N) is 1. The monoisotopic (exact) mass is 235 g/mol. The van der Waals surface area contributed by atoms with E-state index < -0.39 is 0 Å². The number of hydrogen-bond acceptors (Lipinski definition) is 4. The van der Waals surface area contributed by atoms with Gasteiger partial charge < -0.3 is 15.4 Å². The van der Waals surface area contributed by atoms with Crippen LogP contribution in [0.4, 0.5) is 11.5 Å². The first kappa shape index (κ1) is 12.2. The molecule has 0 bridgehead atoms. The van der Waals surface area contributed by atoms with Crippen molar-refractivity contribution in [3.8, 4) is 0 Å². The first-order chi connectivity index (χ1) is 8.11. The minimum absolute atomic E-state index is 0.252. The lowest BCUT2D eigenvalue weighted by Crippen LogP contribution is -2.49. The molecule has 1 aromatic heterocycles. The van der Waals surface area contributed by atoms with Crippen molar-refractivity contribution < 1.29 is 4.74 Å². The highest BCUT2D eigenvalue weighted by atomic mass is 16.5. The van der Waals surface area contributed by atoms with Gasteiger partial charge in [0.2, 0.25) is 0 Å². The van der Waals surface area contributed by atoms with E-state index in [0.29, 0.717) is 6.04 Å². The summed E-state index contributed by atoms with van der Waals surface area (Å²) in [5, 5.41) is 0. The molecule has 2 atom stereocenters. The molecule has 17 heavy (non-hydrogen) atoms. The highest BCUT2D eigenvalue weighted by molar-refractivity contribution is 5.55. The largest absolute Gasteiger partial charge is 0.398 e. The normalized spacial score (nSPS) is 25.0. The summed E-state index contributed by atoms with van der Waals surface area (Å²) in [4.78, 5) is 6.80. The van der Waals surface area contributed by atoms with E-state index in [1.165, 1.54) is 0 Å². The minimum atomic E-state index is 0.252. The molecule has 0 spiro atoms. The number of nitrogen functional groups attached to an aromatic ring is 1. The lowest BCUT2D eigenvalue weighted by molar-refractivity contribution is 0.0296. The Bertz CT molecular complexity index is 394. The van der Waals surface area contributed by atoms with Gasteiger partial charge in [0.05, 0.1) is 18.8 Å². The molecule has 1 aliphatic rings. The van der Waals surface area contributed by atoms with Crippen LogP contribution in [0.3, 0.4) is 0 Å². The average molecular weight is 235 g/mol. The van der Waals surface area contributed by atoms with Gasteiger partial charge in [0.25, 0.3) is 0 Å². The number of morpholine rings is 1. The van der Waals surface area contributed by atoms with Crippen LogP contribution in [-0.2, 0) is 4.74 Å². The molecule has 1 fully saturated rings. The molecule has 0 aliphatic carbocycles. The number of hydrogen-bond donors (Lipinski definition) is 1. The number of pyridine rings is 1. The highest BCUT2D eigenvalue weighted by Crippen LogP contribution is 2.24. The fourth-order valence-electron chi connectivity index (χ4n) is 2.15. The number of aryl methyl sites for hydroxylation is 1. The Morgan fingerprint density at radius 3 is 3.00 bits per heavy atom. The second-order valence-corrected chi connectivity index (χ2v) is 4.76. The van der Waals surface area contributed by atoms with Gasteiger partial charge in [0.15, 0.2) is 0 Å². The van der Waals surface area contributed by atoms with Crippen molar-refractivity contribution in [3.05, 3.63) is 17.8 Å². The zero-order valence-corrected chi connectivity index (χ0v) is 10.8. The lowest BCUT2D eigenvalue weighted by atomic mass is 10.1. The summed E-state index contributed by atoms with van der Waals surface area (Å²) in [7, 11) is 0. The van der Waals surface area contributed by atoms with E-state index in [1.54, 1.807) is 0 Å². The standard InChI is InChI=1S/C13H21N3O/c1-4-11-8-17-10(3)7-16(11)13-5-12(14)9(2)6-15-13/h5-6,10-11H,4,7-8H2,1-3H3,(H2,14,15). The van der Waals surface area contributed by atoms with E-state index in [1.807, 2.05) is 19.2 Å². The predicted molar refractivity (Wildman–Crippen MR) is 70.2 cm³/mol. The van der Waals surface area contributed by atoms with E-state index in [4.69, 9.17) is 10.5 Å². The fourth-order valence-corrected chi connectivity index (χ4v) is 2.15. The number of nitrogens with zero attached hydrogens (tertiary/aromatic N) is 2. The molecule has 2 N–H and O–H groups in total. The van der Waals surface area contributed by atoms with Gasteiger partial charge in [-0.2, -0.15) is 0 Å². The van der Waals surface area contributed by atoms with Crippen LogP contribution in [0.15, 0.2) is 12.3 Å². The third-order valence-corrected chi connectivity index (χ3v) is 3.36. The van der Waals surface area contributed by atoms with Crippen LogP contribution in [0.1, 0.15) is 25.8 Å². The molecular weight excluding hydrogens is 214 g/mol. The zero-order chi connectivity index (χ0) is 12.4. The number of rotatable bonds is 2. The van der Waals surface area contributed by atoms with E-state index in [0.717, 1.165) is 36.6 Å². The van der Waals surface area contributed by atoms with Gasteiger partial charge in [-0.25, -0.2) is 4.98 Å². The zero-order valence-electron chi connectivity index (χ0n) is 10.8. The summed E-state index contributed by atoms with van der Waals surface area (Å²) in [5.41, 5.74) is 7.79. The maximum atomic E-state index is 5.95. The third-order valence-electron chi connectivity index (χ3n) is 3.36. The van der Waals surface area contributed by atoms with Crippen LogP contribution in [0.2, 0.25) is 0 Å². The van der Waals surface area contributed by atoms with Crippen molar-refractivity contribution in [2.45, 2.75) is 39.3 Å². The maximum Gasteiger partial charge on any atom is 0.130 e. The van der Waals surface area contributed by atoms with Crippen molar-refractivity contribution >= 4 is 11.5 Å². The first-order valence-electron chi connectivity index (χ1n) is 6.22. The number of anilines is 2. The van der Waals surface area contributed by atoms with Gasteiger partial charge >= 0.3 is 0 Å². The Morgan fingerprint density at radius 2 is 2.35 bits per heavy atom. The third kappa shape index (κ3) is 2.52. The van der Waals surface area contributed by atoms with Crippen LogP contribution in [-0.4, -0.2) is 30.3 Å². The quantitative estimate of drug-likeness (QED) is 0.851.